The van der Waals surface area contributed by atoms with Crippen LogP contribution < -0.4 is 0 Å². The van der Waals surface area contributed by atoms with Gasteiger partial charge in [0.2, 0.25) is 5.78 Å². The van der Waals surface area contributed by atoms with Gasteiger partial charge in [0.05, 0.1) is 0 Å². The number of aliphatic carboxylic acids is 1. The van der Waals surface area contributed by atoms with Crippen LogP contribution >= 0.6 is 0 Å². The number of ketones is 1. The molecule has 0 amide bonds. The van der Waals surface area contributed by atoms with Crippen LogP contribution in [-0.4, -0.2) is 16.9 Å². The van der Waals surface area contributed by atoms with Crippen molar-refractivity contribution in [1.29, 1.82) is 0 Å². The van der Waals surface area contributed by atoms with Crippen LogP contribution in [0.3, 0.4) is 0 Å². The van der Waals surface area contributed by atoms with Crippen LogP contribution in [0.5, 0.6) is 0 Å². The summed E-state index contributed by atoms with van der Waals surface area (Å²) in [5.41, 5.74) is 0.717. The second-order valence-electron chi connectivity index (χ2n) is 2.89. The molecule has 0 aliphatic carbocycles. The number of benzene rings is 1. The minimum absolute atomic E-state index is 0.160. The highest BCUT2D eigenvalue weighted by molar-refractivity contribution is 6.33. The van der Waals surface area contributed by atoms with E-state index < -0.39 is 11.8 Å². The smallest absolute Gasteiger partial charge is 0.372 e. The quantitative estimate of drug-likeness (QED) is 0.768. The Morgan fingerprint density at radius 2 is 1.87 bits per heavy atom. The van der Waals surface area contributed by atoms with Gasteiger partial charge in [-0.05, 0) is 17.7 Å². The highest BCUT2D eigenvalue weighted by atomic mass is 19.1. The molecule has 0 spiro atoms. The third kappa shape index (κ3) is 3.72. The molecule has 0 atom stereocenters. The minimum atomic E-state index is -1.45. The number of carbonyl (C=O) groups is 2. The van der Waals surface area contributed by atoms with Crippen molar-refractivity contribution in [2.24, 2.45) is 0 Å². The molecule has 0 saturated heterocycles. The van der Waals surface area contributed by atoms with Gasteiger partial charge in [0.1, 0.15) is 5.82 Å². The maximum atomic E-state index is 12.5. The SMILES string of the molecule is O=C(O)C(=O)C/C=C/c1ccc(F)cc1. The highest BCUT2D eigenvalue weighted by Crippen LogP contribution is 2.05. The van der Waals surface area contributed by atoms with Crippen molar-refractivity contribution in [2.75, 3.05) is 0 Å². The summed E-state index contributed by atoms with van der Waals surface area (Å²) in [6.07, 6.45) is 2.84. The number of halogens is 1. The van der Waals surface area contributed by atoms with Gasteiger partial charge in [0.15, 0.2) is 0 Å². The van der Waals surface area contributed by atoms with E-state index in [9.17, 15) is 14.0 Å². The molecule has 0 unspecified atom stereocenters. The molecular weight excluding hydrogens is 199 g/mol. The first-order valence-corrected chi connectivity index (χ1v) is 4.28. The molecule has 0 radical (unpaired) electrons. The fourth-order valence-corrected chi connectivity index (χ4v) is 0.963. The first-order chi connectivity index (χ1) is 7.09. The van der Waals surface area contributed by atoms with Gasteiger partial charge in [-0.2, -0.15) is 0 Å². The molecule has 0 saturated carbocycles. The molecule has 78 valence electrons. The molecule has 3 nitrogen and oxygen atoms in total. The van der Waals surface area contributed by atoms with Crippen LogP contribution in [0.1, 0.15) is 12.0 Å². The Balaban J connectivity index is 2.55. The summed E-state index contributed by atoms with van der Waals surface area (Å²) in [7, 11) is 0. The molecule has 1 aromatic rings. The lowest BCUT2D eigenvalue weighted by atomic mass is 10.2. The van der Waals surface area contributed by atoms with Gasteiger partial charge in [0.25, 0.3) is 0 Å². The molecule has 0 aliphatic heterocycles. The lowest BCUT2D eigenvalue weighted by Crippen LogP contribution is -2.10. The normalized spacial score (nSPS) is 10.5. The maximum absolute atomic E-state index is 12.5. The number of Topliss-reactive ketones (excluding diaryl/α,β-unsaturated/α-hetero) is 1. The van der Waals surface area contributed by atoms with Crippen molar-refractivity contribution in [3.63, 3.8) is 0 Å². The molecular formula is C11H9FO3. The average Bonchev–Trinajstić information content (AvgIpc) is 2.20. The zero-order chi connectivity index (χ0) is 11.3. The standard InChI is InChI=1S/C11H9FO3/c12-9-6-4-8(5-7-9)2-1-3-10(13)11(14)15/h1-2,4-7H,3H2,(H,14,15)/b2-1+. The van der Waals surface area contributed by atoms with Crippen LogP contribution in [0.25, 0.3) is 6.08 Å². The van der Waals surface area contributed by atoms with E-state index in [4.69, 9.17) is 5.11 Å². The number of allylic oxidation sites excluding steroid dienone is 1. The Bertz CT molecular complexity index is 393. The second-order valence-corrected chi connectivity index (χ2v) is 2.89. The predicted molar refractivity (Wildman–Crippen MR) is 52.7 cm³/mol. The van der Waals surface area contributed by atoms with E-state index in [1.54, 1.807) is 6.08 Å². The molecule has 0 aliphatic rings. The lowest BCUT2D eigenvalue weighted by Gasteiger charge is -1.92. The van der Waals surface area contributed by atoms with Gasteiger partial charge >= 0.3 is 5.97 Å². The fraction of sp³-hybridized carbons (Fsp3) is 0.0909. The van der Waals surface area contributed by atoms with Gasteiger partial charge in [-0.3, -0.25) is 4.79 Å². The van der Waals surface area contributed by atoms with E-state index >= 15 is 0 Å². The molecule has 0 fully saturated rings. The van der Waals surface area contributed by atoms with Crippen LogP contribution in [0.4, 0.5) is 4.39 Å². The largest absolute Gasteiger partial charge is 0.475 e. The summed E-state index contributed by atoms with van der Waals surface area (Å²) in [5, 5.41) is 8.28. The van der Waals surface area contributed by atoms with E-state index in [0.29, 0.717) is 0 Å². The number of carboxylic acids is 1. The summed E-state index contributed by atoms with van der Waals surface area (Å²) in [6.45, 7) is 0. The average molecular weight is 208 g/mol. The van der Waals surface area contributed by atoms with Crippen LogP contribution in [0, 0.1) is 5.82 Å². The van der Waals surface area contributed by atoms with Crippen LogP contribution in [0.2, 0.25) is 0 Å². The summed E-state index contributed by atoms with van der Waals surface area (Å²) in [4.78, 5) is 20.8. The van der Waals surface area contributed by atoms with Gasteiger partial charge in [-0.25, -0.2) is 9.18 Å². The van der Waals surface area contributed by atoms with Gasteiger partial charge in [-0.15, -0.1) is 0 Å². The molecule has 1 aromatic carbocycles. The topological polar surface area (TPSA) is 54.4 Å². The molecule has 4 heteroatoms. The van der Waals surface area contributed by atoms with Crippen LogP contribution in [0.15, 0.2) is 30.3 Å². The Morgan fingerprint density at radius 1 is 1.27 bits per heavy atom. The zero-order valence-electron chi connectivity index (χ0n) is 7.81. The summed E-state index contributed by atoms with van der Waals surface area (Å²) < 4.78 is 12.5. The summed E-state index contributed by atoms with van der Waals surface area (Å²) in [6, 6.07) is 5.66. The van der Waals surface area contributed by atoms with Crippen molar-refractivity contribution in [3.05, 3.63) is 41.7 Å². The van der Waals surface area contributed by atoms with Gasteiger partial charge in [-0.1, -0.05) is 24.3 Å². The van der Waals surface area contributed by atoms with E-state index in [1.807, 2.05) is 0 Å². The molecule has 0 bridgehead atoms. The second kappa shape index (κ2) is 5.05. The van der Waals surface area contributed by atoms with E-state index in [-0.39, 0.29) is 12.2 Å². The Labute approximate surface area is 85.8 Å². The highest BCUT2D eigenvalue weighted by Gasteiger charge is 2.07. The van der Waals surface area contributed by atoms with E-state index in [1.165, 1.54) is 30.3 Å². The number of rotatable bonds is 4. The maximum Gasteiger partial charge on any atom is 0.372 e. The third-order valence-corrected chi connectivity index (χ3v) is 1.72. The van der Waals surface area contributed by atoms with Crippen molar-refractivity contribution < 1.29 is 19.1 Å². The minimum Gasteiger partial charge on any atom is -0.475 e. The van der Waals surface area contributed by atoms with Crippen molar-refractivity contribution >= 4 is 17.8 Å². The van der Waals surface area contributed by atoms with Gasteiger partial charge < -0.3 is 5.11 Å². The predicted octanol–water partition coefficient (Wildman–Crippen LogP) is 1.88. The van der Waals surface area contributed by atoms with Gasteiger partial charge in [0, 0.05) is 6.42 Å². The lowest BCUT2D eigenvalue weighted by molar-refractivity contribution is -0.148. The van der Waals surface area contributed by atoms with E-state index in [0.717, 1.165) is 5.56 Å². The first kappa shape index (κ1) is 11.1. The number of hydrogen-bond donors (Lipinski definition) is 1. The Morgan fingerprint density at radius 3 is 2.40 bits per heavy atom. The monoisotopic (exact) mass is 208 g/mol. The summed E-state index contributed by atoms with van der Waals surface area (Å²) >= 11 is 0. The van der Waals surface area contributed by atoms with Crippen LogP contribution in [-0.2, 0) is 9.59 Å². The Kier molecular flexibility index (Phi) is 3.74. The molecule has 1 rings (SSSR count). The van der Waals surface area contributed by atoms with Crippen molar-refractivity contribution in [3.8, 4) is 0 Å². The molecule has 0 aromatic heterocycles. The van der Waals surface area contributed by atoms with Crippen molar-refractivity contribution in [2.45, 2.75) is 6.42 Å². The third-order valence-electron chi connectivity index (χ3n) is 1.72. The molecule has 1 N–H and O–H groups in total. The fourth-order valence-electron chi connectivity index (χ4n) is 0.963. The van der Waals surface area contributed by atoms with Crippen molar-refractivity contribution in [1.82, 2.24) is 0 Å². The first-order valence-electron chi connectivity index (χ1n) is 4.28. The summed E-state index contributed by atoms with van der Waals surface area (Å²) in [5.74, 6) is -2.65. The molecule has 15 heavy (non-hydrogen) atoms. The van der Waals surface area contributed by atoms with E-state index in [2.05, 4.69) is 0 Å². The zero-order valence-corrected chi connectivity index (χ0v) is 7.81. The number of hydrogen-bond acceptors (Lipinski definition) is 2. The number of carbonyl (C=O) groups excluding carboxylic acids is 1. The molecule has 0 heterocycles. The Hall–Kier alpha value is -1.97. The number of carboxylic acid groups (broad SMARTS) is 1.